The number of aromatic nitrogens is 2. The average molecular weight is 424 g/mol. The van der Waals surface area contributed by atoms with Gasteiger partial charge in [0.05, 0.1) is 0 Å². The van der Waals surface area contributed by atoms with Crippen molar-refractivity contribution in [3.05, 3.63) is 30.6 Å². The second-order valence-electron chi connectivity index (χ2n) is 8.58. The quantitative estimate of drug-likeness (QED) is 0.705. The summed E-state index contributed by atoms with van der Waals surface area (Å²) in [6.45, 7) is 3.02. The Morgan fingerprint density at radius 1 is 1.10 bits per heavy atom. The van der Waals surface area contributed by atoms with Crippen LogP contribution < -0.4 is 25.0 Å². The molecule has 8 nitrogen and oxygen atoms in total. The van der Waals surface area contributed by atoms with Crippen molar-refractivity contribution in [1.29, 1.82) is 0 Å². The SMILES string of the molecule is O=C(CCC1CCCN(c2cc(NC3CC3)ncn2)C1)Nc1ccc2c(c1)OCCO2. The van der Waals surface area contributed by atoms with E-state index in [2.05, 4.69) is 31.6 Å². The highest BCUT2D eigenvalue weighted by molar-refractivity contribution is 5.91. The van der Waals surface area contributed by atoms with Crippen molar-refractivity contribution in [2.75, 3.05) is 41.8 Å². The molecule has 2 aromatic rings. The highest BCUT2D eigenvalue weighted by Crippen LogP contribution is 2.33. The normalized spacial score (nSPS) is 20.3. The lowest BCUT2D eigenvalue weighted by Gasteiger charge is -2.33. The van der Waals surface area contributed by atoms with Gasteiger partial charge in [0, 0.05) is 43.4 Å². The molecule has 2 N–H and O–H groups in total. The molecule has 1 unspecified atom stereocenters. The van der Waals surface area contributed by atoms with Crippen LogP contribution in [0.3, 0.4) is 0 Å². The van der Waals surface area contributed by atoms with Crippen LogP contribution in [0.25, 0.3) is 0 Å². The minimum Gasteiger partial charge on any atom is -0.486 e. The number of ether oxygens (including phenoxy) is 2. The molecule has 1 aromatic heterocycles. The van der Waals surface area contributed by atoms with Crippen LogP contribution in [0.4, 0.5) is 17.3 Å². The third kappa shape index (κ3) is 5.18. The second kappa shape index (κ2) is 8.99. The minimum absolute atomic E-state index is 0.0340. The second-order valence-corrected chi connectivity index (χ2v) is 8.58. The molecule has 3 heterocycles. The van der Waals surface area contributed by atoms with E-state index < -0.39 is 0 Å². The monoisotopic (exact) mass is 423 g/mol. The Morgan fingerprint density at radius 2 is 1.97 bits per heavy atom. The molecule has 0 spiro atoms. The van der Waals surface area contributed by atoms with Crippen LogP contribution in [0, 0.1) is 5.92 Å². The Morgan fingerprint density at radius 3 is 2.84 bits per heavy atom. The van der Waals surface area contributed by atoms with Gasteiger partial charge in [-0.1, -0.05) is 0 Å². The van der Waals surface area contributed by atoms with Crippen LogP contribution in [0.1, 0.15) is 38.5 Å². The van der Waals surface area contributed by atoms with Gasteiger partial charge < -0.3 is 25.0 Å². The van der Waals surface area contributed by atoms with Crippen molar-refractivity contribution in [2.24, 2.45) is 5.92 Å². The van der Waals surface area contributed by atoms with E-state index in [0.717, 1.165) is 55.4 Å². The Hall–Kier alpha value is -3.03. The first kappa shape index (κ1) is 19.9. The van der Waals surface area contributed by atoms with Gasteiger partial charge in [0.25, 0.3) is 0 Å². The van der Waals surface area contributed by atoms with Crippen molar-refractivity contribution in [2.45, 2.75) is 44.6 Å². The molecule has 3 aliphatic rings. The third-order valence-electron chi connectivity index (χ3n) is 6.03. The number of nitrogens with one attached hydrogen (secondary N) is 2. The fourth-order valence-electron chi connectivity index (χ4n) is 4.22. The van der Waals surface area contributed by atoms with Crippen LogP contribution in [0.15, 0.2) is 30.6 Å². The summed E-state index contributed by atoms with van der Waals surface area (Å²) in [5, 5.41) is 6.43. The highest BCUT2D eigenvalue weighted by atomic mass is 16.6. The molecule has 5 rings (SSSR count). The molecule has 1 saturated carbocycles. The van der Waals surface area contributed by atoms with Gasteiger partial charge in [-0.05, 0) is 50.2 Å². The Labute approximate surface area is 182 Å². The number of anilines is 3. The average Bonchev–Trinajstić information content (AvgIpc) is 3.62. The van der Waals surface area contributed by atoms with Crippen molar-refractivity contribution < 1.29 is 14.3 Å². The minimum atomic E-state index is 0.0340. The molecule has 1 amide bonds. The molecule has 2 aliphatic heterocycles. The zero-order valence-electron chi connectivity index (χ0n) is 17.7. The van der Waals surface area contributed by atoms with Crippen LogP contribution in [-0.4, -0.2) is 48.2 Å². The number of hydrogen-bond donors (Lipinski definition) is 2. The smallest absolute Gasteiger partial charge is 0.224 e. The van der Waals surface area contributed by atoms with Crippen molar-refractivity contribution in [1.82, 2.24) is 9.97 Å². The molecular formula is C23H29N5O3. The molecule has 2 fully saturated rings. The zero-order chi connectivity index (χ0) is 21.0. The lowest BCUT2D eigenvalue weighted by Crippen LogP contribution is -2.36. The summed E-state index contributed by atoms with van der Waals surface area (Å²) < 4.78 is 11.1. The Bertz CT molecular complexity index is 933. The predicted molar refractivity (Wildman–Crippen MR) is 119 cm³/mol. The molecule has 0 bridgehead atoms. The first-order chi connectivity index (χ1) is 15.2. The van der Waals surface area contributed by atoms with E-state index in [0.29, 0.717) is 37.3 Å². The molecule has 1 aromatic carbocycles. The number of nitrogens with zero attached hydrogens (tertiary/aromatic N) is 3. The summed E-state index contributed by atoms with van der Waals surface area (Å²) in [5.41, 5.74) is 0.746. The molecule has 31 heavy (non-hydrogen) atoms. The van der Waals surface area contributed by atoms with E-state index in [1.807, 2.05) is 18.2 Å². The van der Waals surface area contributed by atoms with E-state index in [-0.39, 0.29) is 5.91 Å². The standard InChI is InChI=1S/C23H29N5O3/c29-23(27-18-6-7-19-20(12-18)31-11-10-30-19)8-3-16-2-1-9-28(14-16)22-13-21(24-15-25-22)26-17-4-5-17/h6-7,12-13,15-17H,1-5,8-11,14H2,(H,27,29)(H,24,25,26). The summed E-state index contributed by atoms with van der Waals surface area (Å²) in [7, 11) is 0. The van der Waals surface area contributed by atoms with Gasteiger partial charge >= 0.3 is 0 Å². The first-order valence-corrected chi connectivity index (χ1v) is 11.3. The van der Waals surface area contributed by atoms with Crippen molar-refractivity contribution in [3.63, 3.8) is 0 Å². The van der Waals surface area contributed by atoms with Crippen LogP contribution in [0.5, 0.6) is 11.5 Å². The van der Waals surface area contributed by atoms with E-state index >= 15 is 0 Å². The number of benzene rings is 1. The number of fused-ring (bicyclic) bond motifs is 1. The molecule has 8 heteroatoms. The predicted octanol–water partition coefficient (Wildman–Crippen LogP) is 3.46. The van der Waals surface area contributed by atoms with Gasteiger partial charge in [0.15, 0.2) is 11.5 Å². The van der Waals surface area contributed by atoms with Gasteiger partial charge in [-0.3, -0.25) is 4.79 Å². The van der Waals surface area contributed by atoms with Crippen LogP contribution in [-0.2, 0) is 4.79 Å². The summed E-state index contributed by atoms with van der Waals surface area (Å²) >= 11 is 0. The first-order valence-electron chi connectivity index (χ1n) is 11.3. The number of piperidine rings is 1. The van der Waals surface area contributed by atoms with E-state index in [1.54, 1.807) is 6.33 Å². The van der Waals surface area contributed by atoms with Gasteiger partial charge in [-0.15, -0.1) is 0 Å². The lowest BCUT2D eigenvalue weighted by atomic mass is 9.93. The van der Waals surface area contributed by atoms with Gasteiger partial charge in [-0.25, -0.2) is 9.97 Å². The lowest BCUT2D eigenvalue weighted by molar-refractivity contribution is -0.116. The maximum absolute atomic E-state index is 12.5. The molecule has 1 atom stereocenters. The number of carbonyl (C=O) groups excluding carboxylic acids is 1. The summed E-state index contributed by atoms with van der Waals surface area (Å²) in [4.78, 5) is 23.7. The van der Waals surface area contributed by atoms with Crippen molar-refractivity contribution in [3.8, 4) is 11.5 Å². The Kier molecular flexibility index (Phi) is 5.78. The number of hydrogen-bond acceptors (Lipinski definition) is 7. The van der Waals surface area contributed by atoms with Gasteiger partial charge in [-0.2, -0.15) is 0 Å². The molecule has 1 aliphatic carbocycles. The fourth-order valence-corrected chi connectivity index (χ4v) is 4.22. The largest absolute Gasteiger partial charge is 0.486 e. The fraction of sp³-hybridized carbons (Fsp3) is 0.522. The molecule has 1 saturated heterocycles. The van der Waals surface area contributed by atoms with E-state index in [9.17, 15) is 4.79 Å². The zero-order valence-corrected chi connectivity index (χ0v) is 17.7. The van der Waals surface area contributed by atoms with Crippen molar-refractivity contribution >= 4 is 23.2 Å². The number of rotatable bonds is 7. The maximum Gasteiger partial charge on any atom is 0.224 e. The Balaban J connectivity index is 1.12. The number of amides is 1. The van der Waals surface area contributed by atoms with E-state index in [4.69, 9.17) is 9.47 Å². The molecule has 164 valence electrons. The van der Waals surface area contributed by atoms with Crippen LogP contribution in [0.2, 0.25) is 0 Å². The summed E-state index contributed by atoms with van der Waals surface area (Å²) in [6.07, 6.45) is 7.72. The number of carbonyl (C=O) groups is 1. The molecular weight excluding hydrogens is 394 g/mol. The third-order valence-corrected chi connectivity index (χ3v) is 6.03. The summed E-state index contributed by atoms with van der Waals surface area (Å²) in [5.74, 6) is 3.82. The maximum atomic E-state index is 12.5. The van der Waals surface area contributed by atoms with Crippen LogP contribution >= 0.6 is 0 Å². The molecule has 0 radical (unpaired) electrons. The van der Waals surface area contributed by atoms with Gasteiger partial charge in [0.2, 0.25) is 5.91 Å². The summed E-state index contributed by atoms with van der Waals surface area (Å²) in [6, 6.07) is 8.16. The topological polar surface area (TPSA) is 88.6 Å². The van der Waals surface area contributed by atoms with Gasteiger partial charge in [0.1, 0.15) is 31.2 Å². The van der Waals surface area contributed by atoms with E-state index in [1.165, 1.54) is 12.8 Å². The highest BCUT2D eigenvalue weighted by Gasteiger charge is 2.24.